The average molecular weight is 462 g/mol. The zero-order chi connectivity index (χ0) is 23.4. The lowest BCUT2D eigenvalue weighted by atomic mass is 9.97. The lowest BCUT2D eigenvalue weighted by molar-refractivity contribution is -0.364. The second kappa shape index (κ2) is 10.9. The van der Waals surface area contributed by atoms with E-state index in [0.717, 1.165) is 0 Å². The van der Waals surface area contributed by atoms with Crippen molar-refractivity contribution >= 4 is 5.97 Å². The third-order valence-electron chi connectivity index (χ3n) is 5.18. The summed E-state index contributed by atoms with van der Waals surface area (Å²) >= 11 is 0. The molecule has 0 bridgehead atoms. The van der Waals surface area contributed by atoms with Gasteiger partial charge in [-0.25, -0.2) is 4.79 Å². The van der Waals surface area contributed by atoms with Gasteiger partial charge in [-0.3, -0.25) is 4.89 Å². The number of carbonyl (C=O) groups excluding carboxylic acids is 1. The molecule has 0 aliphatic carbocycles. The molecular weight excluding hydrogens is 436 g/mol. The van der Waals surface area contributed by atoms with E-state index in [2.05, 4.69) is 4.89 Å². The summed E-state index contributed by atoms with van der Waals surface area (Å²) in [5.41, 5.74) is 0.205. The van der Waals surface area contributed by atoms with Gasteiger partial charge in [0.2, 0.25) is 0 Å². The Hall–Kier alpha value is -1.75. The quantitative estimate of drug-likeness (QED) is 0.155. The van der Waals surface area contributed by atoms with Crippen molar-refractivity contribution in [1.82, 2.24) is 0 Å². The monoisotopic (exact) mass is 462 g/mol. The molecule has 0 unspecified atom stereocenters. The van der Waals surface area contributed by atoms with E-state index in [9.17, 15) is 40.5 Å². The Morgan fingerprint density at radius 2 is 1.53 bits per heavy atom. The van der Waals surface area contributed by atoms with Gasteiger partial charge in [0.25, 0.3) is 0 Å². The Balaban J connectivity index is 1.61. The first-order valence-electron chi connectivity index (χ1n) is 9.79. The molecule has 2 heterocycles. The predicted octanol–water partition coefficient (Wildman–Crippen LogP) is -3.60. The van der Waals surface area contributed by atoms with E-state index in [4.69, 9.17) is 19.1 Å². The molecular formula is C19H26O13. The number of aliphatic hydroxyl groups is 7. The summed E-state index contributed by atoms with van der Waals surface area (Å²) in [6, 6.07) is 7.91. The van der Waals surface area contributed by atoms with Crippen LogP contribution in [-0.4, -0.2) is 116 Å². The highest BCUT2D eigenvalue weighted by molar-refractivity contribution is 5.88. The third-order valence-corrected chi connectivity index (χ3v) is 5.18. The highest BCUT2D eigenvalue weighted by Crippen LogP contribution is 2.28. The number of rotatable bonds is 7. The molecule has 1 aromatic rings. The molecule has 2 aliphatic rings. The van der Waals surface area contributed by atoms with Gasteiger partial charge < -0.3 is 50.0 Å². The van der Waals surface area contributed by atoms with Crippen LogP contribution in [0.15, 0.2) is 30.3 Å². The van der Waals surface area contributed by atoms with Crippen LogP contribution >= 0.6 is 0 Å². The van der Waals surface area contributed by atoms with E-state index in [-0.39, 0.29) is 5.56 Å². The average Bonchev–Trinajstić information content (AvgIpc) is 2.80. The molecule has 180 valence electrons. The minimum Gasteiger partial charge on any atom is -0.394 e. The van der Waals surface area contributed by atoms with E-state index in [1.165, 1.54) is 12.1 Å². The second-order valence-electron chi connectivity index (χ2n) is 7.37. The van der Waals surface area contributed by atoms with Gasteiger partial charge in [-0.2, -0.15) is 4.89 Å². The molecule has 0 aromatic heterocycles. The molecule has 0 saturated carbocycles. The van der Waals surface area contributed by atoms with Gasteiger partial charge in [-0.15, -0.1) is 0 Å². The Labute approximate surface area is 181 Å². The highest BCUT2D eigenvalue weighted by atomic mass is 17.2. The maximum Gasteiger partial charge on any atom is 0.373 e. The standard InChI is InChI=1S/C19H26O13/c20-6-9-16(13(23)14(24)18(27)29-9)31-19-15(25)12(22)11(21)10(30-19)7-28-32-17(26)8-4-2-1-3-5-8/h1-5,9-16,18-25,27H,6-7H2/t9-,10-,11+,12+,13-,14-,15-,16-,18+,19+/m1/s1. The summed E-state index contributed by atoms with van der Waals surface area (Å²) in [7, 11) is 0. The van der Waals surface area contributed by atoms with E-state index in [1.54, 1.807) is 18.2 Å². The van der Waals surface area contributed by atoms with Gasteiger partial charge in [0.1, 0.15) is 55.4 Å². The van der Waals surface area contributed by atoms with Crippen LogP contribution < -0.4 is 0 Å². The van der Waals surface area contributed by atoms with Gasteiger partial charge in [-0.1, -0.05) is 18.2 Å². The molecule has 0 amide bonds. The zero-order valence-corrected chi connectivity index (χ0v) is 16.7. The normalized spacial score (nSPS) is 40.1. The van der Waals surface area contributed by atoms with E-state index in [1.807, 2.05) is 0 Å². The number of carbonyl (C=O) groups is 1. The van der Waals surface area contributed by atoms with E-state index in [0.29, 0.717) is 0 Å². The largest absolute Gasteiger partial charge is 0.394 e. The minimum absolute atomic E-state index is 0.205. The van der Waals surface area contributed by atoms with Crippen LogP contribution in [0.1, 0.15) is 10.4 Å². The fraction of sp³-hybridized carbons (Fsp3) is 0.632. The first kappa shape index (κ1) is 24.9. The van der Waals surface area contributed by atoms with Crippen LogP contribution in [0, 0.1) is 0 Å². The first-order valence-corrected chi connectivity index (χ1v) is 9.79. The number of benzene rings is 1. The van der Waals surface area contributed by atoms with Crippen molar-refractivity contribution in [2.45, 2.75) is 61.4 Å². The van der Waals surface area contributed by atoms with Gasteiger partial charge in [0.15, 0.2) is 12.6 Å². The predicted molar refractivity (Wildman–Crippen MR) is 99.3 cm³/mol. The summed E-state index contributed by atoms with van der Waals surface area (Å²) in [5.74, 6) is -0.815. The molecule has 10 atom stereocenters. The van der Waals surface area contributed by atoms with Crippen LogP contribution in [0.3, 0.4) is 0 Å². The molecule has 1 aromatic carbocycles. The second-order valence-corrected chi connectivity index (χ2v) is 7.37. The molecule has 13 heteroatoms. The van der Waals surface area contributed by atoms with E-state index < -0.39 is 80.6 Å². The van der Waals surface area contributed by atoms with Crippen molar-refractivity contribution in [3.8, 4) is 0 Å². The summed E-state index contributed by atoms with van der Waals surface area (Å²) in [4.78, 5) is 21.3. The molecule has 13 nitrogen and oxygen atoms in total. The van der Waals surface area contributed by atoms with Crippen molar-refractivity contribution in [2.24, 2.45) is 0 Å². The van der Waals surface area contributed by atoms with Crippen molar-refractivity contribution < 1.29 is 64.5 Å². The van der Waals surface area contributed by atoms with Gasteiger partial charge in [0, 0.05) is 0 Å². The van der Waals surface area contributed by atoms with Gasteiger partial charge in [0.05, 0.1) is 12.2 Å². The molecule has 0 radical (unpaired) electrons. The number of hydrogen-bond acceptors (Lipinski definition) is 13. The zero-order valence-electron chi connectivity index (χ0n) is 16.7. The van der Waals surface area contributed by atoms with Crippen LogP contribution in [0.4, 0.5) is 0 Å². The maximum atomic E-state index is 11.9. The Bertz CT molecular complexity index is 731. The SMILES string of the molecule is O=C(OOC[C@H]1O[C@@H](O[C@H]2[C@H](O)[C@@H](O)[C@@H](O)O[C@@H]2CO)[C@H](O)[C@@H](O)[C@H]1O)c1ccccc1. The third kappa shape index (κ3) is 5.41. The van der Waals surface area contributed by atoms with Crippen molar-refractivity contribution in [3.63, 3.8) is 0 Å². The number of ether oxygens (including phenoxy) is 3. The lowest BCUT2D eigenvalue weighted by Gasteiger charge is -2.45. The molecule has 32 heavy (non-hydrogen) atoms. The molecule has 7 N–H and O–H groups in total. The van der Waals surface area contributed by atoms with Crippen molar-refractivity contribution in [1.29, 1.82) is 0 Å². The van der Waals surface area contributed by atoms with Crippen molar-refractivity contribution in [2.75, 3.05) is 13.2 Å². The first-order chi connectivity index (χ1) is 15.2. The topological polar surface area (TPSA) is 205 Å². The van der Waals surface area contributed by atoms with Crippen molar-refractivity contribution in [3.05, 3.63) is 35.9 Å². The fourth-order valence-electron chi connectivity index (χ4n) is 3.33. The summed E-state index contributed by atoms with van der Waals surface area (Å²) < 4.78 is 15.8. The molecule has 3 rings (SSSR count). The van der Waals surface area contributed by atoms with Gasteiger partial charge in [-0.05, 0) is 12.1 Å². The summed E-state index contributed by atoms with van der Waals surface area (Å²) in [6.07, 6.45) is -16.3. The molecule has 0 spiro atoms. The maximum absolute atomic E-state index is 11.9. The van der Waals surface area contributed by atoms with E-state index >= 15 is 0 Å². The Morgan fingerprint density at radius 1 is 0.844 bits per heavy atom. The van der Waals surface area contributed by atoms with Crippen LogP contribution in [-0.2, 0) is 24.0 Å². The minimum atomic E-state index is -1.80. The lowest BCUT2D eigenvalue weighted by Crippen LogP contribution is -2.64. The highest BCUT2D eigenvalue weighted by Gasteiger charge is 2.50. The number of hydrogen-bond donors (Lipinski definition) is 7. The van der Waals surface area contributed by atoms with Crippen LogP contribution in [0.2, 0.25) is 0 Å². The summed E-state index contributed by atoms with van der Waals surface area (Å²) in [6.45, 7) is -1.28. The smallest absolute Gasteiger partial charge is 0.373 e. The Morgan fingerprint density at radius 3 is 2.19 bits per heavy atom. The van der Waals surface area contributed by atoms with Crippen LogP contribution in [0.5, 0.6) is 0 Å². The molecule has 2 saturated heterocycles. The van der Waals surface area contributed by atoms with Gasteiger partial charge >= 0.3 is 5.97 Å². The fourth-order valence-corrected chi connectivity index (χ4v) is 3.33. The molecule has 2 aliphatic heterocycles. The Kier molecular flexibility index (Phi) is 8.49. The summed E-state index contributed by atoms with van der Waals surface area (Å²) in [5, 5.41) is 69.4. The molecule has 2 fully saturated rings. The number of aliphatic hydroxyl groups excluding tert-OH is 7. The van der Waals surface area contributed by atoms with Crippen LogP contribution in [0.25, 0.3) is 0 Å².